The average Bonchev–Trinajstić information content (AvgIpc) is 3.11. The van der Waals surface area contributed by atoms with Gasteiger partial charge in [0.2, 0.25) is 0 Å². The van der Waals surface area contributed by atoms with E-state index in [0.717, 1.165) is 36.3 Å². The van der Waals surface area contributed by atoms with Crippen molar-refractivity contribution in [1.29, 1.82) is 0 Å². The topological polar surface area (TPSA) is 142 Å². The number of sulfonamides is 1. The monoisotopic (exact) mass is 395 g/mol. The van der Waals surface area contributed by atoms with Gasteiger partial charge >= 0.3 is 23.5 Å². The summed E-state index contributed by atoms with van der Waals surface area (Å²) in [7, 11) is -3.42. The number of nitrogens with zero attached hydrogens (tertiary/aromatic N) is 2. The number of thioether (sulfide) groups is 1. The van der Waals surface area contributed by atoms with Crippen molar-refractivity contribution in [2.45, 2.75) is 10.4 Å². The second-order valence-corrected chi connectivity index (χ2v) is 7.65. The predicted molar refractivity (Wildman–Crippen MR) is 82.7 cm³/mol. The molecule has 2 rings (SSSR count). The quantitative estimate of drug-likeness (QED) is 0.547. The number of hydrogen-bond acceptors (Lipinski definition) is 9. The van der Waals surface area contributed by atoms with Gasteiger partial charge in [-0.05, 0) is 17.7 Å². The normalized spacial score (nSPS) is 17.6. The highest BCUT2D eigenvalue weighted by Crippen LogP contribution is 2.23. The number of esters is 1. The van der Waals surface area contributed by atoms with Crippen LogP contribution in [0.25, 0.3) is 0 Å². The first kappa shape index (κ1) is 18.2. The summed E-state index contributed by atoms with van der Waals surface area (Å²) in [5, 5.41) is 3.57. The molecule has 14 heteroatoms. The lowest BCUT2D eigenvalue weighted by Crippen LogP contribution is -2.46. The molecule has 0 aromatic carbocycles. The number of nitrogens with one attached hydrogen (secondary N) is 2. The summed E-state index contributed by atoms with van der Waals surface area (Å²) in [6, 6.07) is -1.45. The van der Waals surface area contributed by atoms with E-state index in [-0.39, 0.29) is 14.8 Å². The van der Waals surface area contributed by atoms with Gasteiger partial charge in [0.05, 0.1) is 12.0 Å². The standard InChI is InChI=1S/C10H10N4O7S3/c1-21-7(15)6-5(3-4-23-6)24(19,20)12-9(17)13-8(16)11-10(22-2)14(13)18/h3-4,10H,1-2H3,(H-,11,12,16,17)/p+1. The lowest BCUT2D eigenvalue weighted by Gasteiger charge is -2.07. The molecule has 1 aromatic heterocycles. The van der Waals surface area contributed by atoms with Gasteiger partial charge in [0, 0.05) is 5.01 Å². The lowest BCUT2D eigenvalue weighted by molar-refractivity contribution is -0.664. The third-order valence-corrected chi connectivity index (χ3v) is 5.89. The molecular formula is C10H11N4O7S3+. The molecule has 2 N–H and O–H groups in total. The number of hydrazine groups is 1. The van der Waals surface area contributed by atoms with Gasteiger partial charge in [0.15, 0.2) is 4.87 Å². The van der Waals surface area contributed by atoms with Crippen LogP contribution in [0.5, 0.6) is 0 Å². The van der Waals surface area contributed by atoms with Crippen LogP contribution < -0.4 is 10.0 Å². The summed E-state index contributed by atoms with van der Waals surface area (Å²) >= 11 is 1.74. The maximum atomic E-state index is 12.2. The Morgan fingerprint density at radius 2 is 2.17 bits per heavy atom. The molecule has 130 valence electrons. The number of urea groups is 2. The molecule has 1 aromatic rings. The Hall–Kier alpha value is -2.19. The first-order valence-electron chi connectivity index (χ1n) is 6.05. The number of methoxy groups -OCH3 is 1. The zero-order valence-electron chi connectivity index (χ0n) is 12.2. The van der Waals surface area contributed by atoms with Gasteiger partial charge in [-0.15, -0.1) is 11.3 Å². The number of imide groups is 1. The smallest absolute Gasteiger partial charge is 0.399 e. The van der Waals surface area contributed by atoms with E-state index in [2.05, 4.69) is 10.1 Å². The van der Waals surface area contributed by atoms with Gasteiger partial charge < -0.3 is 4.74 Å². The Labute approximate surface area is 143 Å². The minimum Gasteiger partial charge on any atom is -0.465 e. The van der Waals surface area contributed by atoms with Crippen LogP contribution in [0.15, 0.2) is 16.3 Å². The second kappa shape index (κ2) is 6.74. The third kappa shape index (κ3) is 3.20. The summed E-state index contributed by atoms with van der Waals surface area (Å²) < 4.78 is 30.5. The van der Waals surface area contributed by atoms with Gasteiger partial charge in [-0.1, -0.05) is 11.8 Å². The molecule has 11 nitrogen and oxygen atoms in total. The Kier molecular flexibility index (Phi) is 5.10. The van der Waals surface area contributed by atoms with E-state index < -0.39 is 38.4 Å². The average molecular weight is 395 g/mol. The molecule has 0 radical (unpaired) electrons. The number of carbonyl (C=O) groups excluding carboxylic acids is 3. The maximum Gasteiger partial charge on any atom is 0.399 e. The molecule has 1 aliphatic heterocycles. The van der Waals surface area contributed by atoms with Crippen molar-refractivity contribution in [3.63, 3.8) is 0 Å². The predicted octanol–water partition coefficient (Wildman–Crippen LogP) is 0.299. The number of hydrogen-bond donors (Lipinski definition) is 2. The number of carbonyl (C=O) groups is 3. The number of nitroso groups, excluding NO2 is 1. The molecule has 0 bridgehead atoms. The van der Waals surface area contributed by atoms with Crippen molar-refractivity contribution in [3.8, 4) is 0 Å². The summed E-state index contributed by atoms with van der Waals surface area (Å²) in [5.74, 6) is -0.898. The minimum absolute atomic E-state index is 0.00664. The first-order chi connectivity index (χ1) is 11.2. The Bertz CT molecular complexity index is 818. The highest BCUT2D eigenvalue weighted by atomic mass is 32.2. The molecular weight excluding hydrogens is 384 g/mol. The summed E-state index contributed by atoms with van der Waals surface area (Å²) in [5.41, 5.74) is -1.06. The Morgan fingerprint density at radius 3 is 2.71 bits per heavy atom. The SMILES string of the molecule is COC(=O)c1sccc1S(=O)(=O)NC(=O)N1C(=O)NC(SC)[N+]1=O. The van der Waals surface area contributed by atoms with E-state index in [1.807, 2.05) is 0 Å². The highest BCUT2D eigenvalue weighted by molar-refractivity contribution is 7.99. The molecule has 0 aliphatic carbocycles. The fourth-order valence-electron chi connectivity index (χ4n) is 1.71. The molecule has 1 atom stereocenters. The molecule has 1 saturated heterocycles. The molecule has 0 saturated carbocycles. The van der Waals surface area contributed by atoms with E-state index in [4.69, 9.17) is 0 Å². The second-order valence-electron chi connectivity index (χ2n) is 4.17. The zero-order chi connectivity index (χ0) is 18.1. The molecule has 1 aliphatic rings. The van der Waals surface area contributed by atoms with Crippen LogP contribution in [-0.2, 0) is 14.8 Å². The summed E-state index contributed by atoms with van der Waals surface area (Å²) in [6.07, 6.45) is 1.52. The van der Waals surface area contributed by atoms with Crippen LogP contribution in [0.3, 0.4) is 0 Å². The van der Waals surface area contributed by atoms with Crippen molar-refractivity contribution >= 4 is 51.2 Å². The molecule has 1 unspecified atom stereocenters. The third-order valence-electron chi connectivity index (χ3n) is 2.76. The minimum atomic E-state index is -4.49. The van der Waals surface area contributed by atoms with Crippen LogP contribution >= 0.6 is 23.1 Å². The van der Waals surface area contributed by atoms with E-state index in [9.17, 15) is 27.7 Å². The van der Waals surface area contributed by atoms with Crippen LogP contribution in [-0.4, -0.2) is 55.2 Å². The van der Waals surface area contributed by atoms with Gasteiger partial charge in [-0.25, -0.2) is 27.5 Å². The van der Waals surface area contributed by atoms with Gasteiger partial charge in [0.1, 0.15) is 9.77 Å². The van der Waals surface area contributed by atoms with E-state index in [1.54, 1.807) is 4.72 Å². The van der Waals surface area contributed by atoms with Crippen molar-refractivity contribution < 1.29 is 32.4 Å². The molecule has 2 heterocycles. The Morgan fingerprint density at radius 1 is 1.50 bits per heavy atom. The fourth-order valence-corrected chi connectivity index (χ4v) is 4.47. The number of amides is 4. The van der Waals surface area contributed by atoms with Crippen LogP contribution in [0, 0.1) is 4.91 Å². The highest BCUT2D eigenvalue weighted by Gasteiger charge is 2.51. The first-order valence-corrected chi connectivity index (χ1v) is 9.70. The van der Waals surface area contributed by atoms with E-state index in [0.29, 0.717) is 0 Å². The zero-order valence-corrected chi connectivity index (χ0v) is 14.7. The van der Waals surface area contributed by atoms with Gasteiger partial charge in [0.25, 0.3) is 10.0 Å². The van der Waals surface area contributed by atoms with Crippen LogP contribution in [0.4, 0.5) is 9.59 Å². The number of rotatable bonds is 4. The molecule has 24 heavy (non-hydrogen) atoms. The summed E-state index contributed by atoms with van der Waals surface area (Å²) in [6.45, 7) is 0. The summed E-state index contributed by atoms with van der Waals surface area (Å²) in [4.78, 5) is 46.2. The van der Waals surface area contributed by atoms with Crippen molar-refractivity contribution in [2.75, 3.05) is 13.4 Å². The van der Waals surface area contributed by atoms with Crippen LogP contribution in [0.2, 0.25) is 0 Å². The molecule has 0 spiro atoms. The maximum absolute atomic E-state index is 12.2. The van der Waals surface area contributed by atoms with E-state index >= 15 is 0 Å². The lowest BCUT2D eigenvalue weighted by atomic mass is 10.5. The molecule has 4 amide bonds. The van der Waals surface area contributed by atoms with Gasteiger partial charge in [-0.3, -0.25) is 5.32 Å². The number of ether oxygens (including phenoxy) is 1. The number of thiophene rings is 1. The van der Waals surface area contributed by atoms with Crippen molar-refractivity contribution in [2.24, 2.45) is 0 Å². The largest absolute Gasteiger partial charge is 0.465 e. The fraction of sp³-hybridized carbons (Fsp3) is 0.300. The molecule has 1 fully saturated rings. The van der Waals surface area contributed by atoms with Crippen LogP contribution in [0.1, 0.15) is 9.67 Å². The Balaban J connectivity index is 2.26. The van der Waals surface area contributed by atoms with Crippen molar-refractivity contribution in [1.82, 2.24) is 15.0 Å². The van der Waals surface area contributed by atoms with Crippen molar-refractivity contribution in [3.05, 3.63) is 21.2 Å². The van der Waals surface area contributed by atoms with E-state index in [1.165, 1.54) is 11.6 Å². The van der Waals surface area contributed by atoms with Gasteiger partial charge in [-0.2, -0.15) is 0 Å².